The van der Waals surface area contributed by atoms with Gasteiger partial charge in [0, 0.05) is 17.6 Å². The summed E-state index contributed by atoms with van der Waals surface area (Å²) < 4.78 is 2.22. The summed E-state index contributed by atoms with van der Waals surface area (Å²) in [6.45, 7) is 6.78. The molecule has 1 N–H and O–H groups in total. The van der Waals surface area contributed by atoms with Crippen LogP contribution < -0.4 is 5.32 Å². The Balaban J connectivity index is 1.62. The van der Waals surface area contributed by atoms with Gasteiger partial charge in [0.1, 0.15) is 0 Å². The normalized spacial score (nSPS) is 14.9. The van der Waals surface area contributed by atoms with E-state index in [1.54, 1.807) is 0 Å². The van der Waals surface area contributed by atoms with Gasteiger partial charge in [-0.3, -0.25) is 0 Å². The Bertz CT molecular complexity index is 1280. The maximum Gasteiger partial charge on any atom is 0.322 e. The topological polar surface area (TPSA) is 37.3 Å². The first-order chi connectivity index (χ1) is 16.0. The lowest BCUT2D eigenvalue weighted by Gasteiger charge is -2.31. The number of benzene rings is 3. The minimum atomic E-state index is -0.204. The molecule has 1 atom stereocenters. The SMILES string of the molecule is CCc1ccc(C2c3cccn3-c3ccccc3CN2C(=O)Nc2cc(C)cc(C)c2)cc1. The van der Waals surface area contributed by atoms with Gasteiger partial charge in [-0.1, -0.05) is 55.5 Å². The Labute approximate surface area is 195 Å². The van der Waals surface area contributed by atoms with Crippen LogP contribution in [0.2, 0.25) is 0 Å². The Morgan fingerprint density at radius 3 is 2.39 bits per heavy atom. The molecular weight excluding hydrogens is 406 g/mol. The van der Waals surface area contributed by atoms with E-state index < -0.39 is 0 Å². The number of carbonyl (C=O) groups is 1. The van der Waals surface area contributed by atoms with Gasteiger partial charge in [-0.05, 0) is 78.4 Å². The number of amides is 2. The number of anilines is 1. The van der Waals surface area contributed by atoms with Gasteiger partial charge in [-0.25, -0.2) is 4.79 Å². The van der Waals surface area contributed by atoms with Crippen molar-refractivity contribution in [3.8, 4) is 5.69 Å². The number of hydrogen-bond acceptors (Lipinski definition) is 1. The van der Waals surface area contributed by atoms with Crippen LogP contribution in [0, 0.1) is 13.8 Å². The fraction of sp³-hybridized carbons (Fsp3) is 0.207. The molecule has 0 radical (unpaired) electrons. The third-order valence-electron chi connectivity index (χ3n) is 6.40. The third-order valence-corrected chi connectivity index (χ3v) is 6.40. The highest BCUT2D eigenvalue weighted by molar-refractivity contribution is 5.90. The predicted octanol–water partition coefficient (Wildman–Crippen LogP) is 6.79. The molecule has 5 rings (SSSR count). The van der Waals surface area contributed by atoms with Gasteiger partial charge in [0.2, 0.25) is 0 Å². The molecule has 1 aliphatic rings. The molecule has 33 heavy (non-hydrogen) atoms. The number of nitrogens with zero attached hydrogens (tertiary/aromatic N) is 2. The van der Waals surface area contributed by atoms with E-state index in [1.807, 2.05) is 23.1 Å². The maximum absolute atomic E-state index is 13.8. The Hall–Kier alpha value is -3.79. The van der Waals surface area contributed by atoms with E-state index in [-0.39, 0.29) is 12.1 Å². The Morgan fingerprint density at radius 2 is 1.67 bits per heavy atom. The van der Waals surface area contributed by atoms with Crippen molar-refractivity contribution in [2.75, 3.05) is 5.32 Å². The molecule has 0 spiro atoms. The molecule has 3 aromatic carbocycles. The number of fused-ring (bicyclic) bond motifs is 3. The Morgan fingerprint density at radius 1 is 0.939 bits per heavy atom. The van der Waals surface area contributed by atoms with Gasteiger partial charge < -0.3 is 14.8 Å². The molecule has 1 aromatic heterocycles. The van der Waals surface area contributed by atoms with Crippen LogP contribution in [0.15, 0.2) is 85.1 Å². The highest BCUT2D eigenvalue weighted by Crippen LogP contribution is 2.37. The first-order valence-corrected chi connectivity index (χ1v) is 11.5. The molecule has 166 valence electrons. The van der Waals surface area contributed by atoms with Crippen molar-refractivity contribution in [2.24, 2.45) is 0 Å². The summed E-state index contributed by atoms with van der Waals surface area (Å²) in [6.07, 6.45) is 3.08. The molecular formula is C29H29N3O. The van der Waals surface area contributed by atoms with E-state index in [0.29, 0.717) is 6.54 Å². The van der Waals surface area contributed by atoms with Crippen molar-refractivity contribution in [3.63, 3.8) is 0 Å². The fourth-order valence-electron chi connectivity index (χ4n) is 4.87. The molecule has 1 unspecified atom stereocenters. The summed E-state index contributed by atoms with van der Waals surface area (Å²) in [4.78, 5) is 15.8. The zero-order valence-corrected chi connectivity index (χ0v) is 19.4. The maximum atomic E-state index is 13.8. The number of para-hydroxylation sites is 1. The summed E-state index contributed by atoms with van der Waals surface area (Å²) in [5, 5.41) is 3.17. The van der Waals surface area contributed by atoms with Crippen LogP contribution >= 0.6 is 0 Å². The molecule has 4 heteroatoms. The van der Waals surface area contributed by atoms with E-state index in [2.05, 4.69) is 97.5 Å². The second kappa shape index (κ2) is 8.62. The standard InChI is InChI=1S/C29H29N3O/c1-4-22-11-13-23(14-12-22)28-27-10-7-15-31(27)26-9-6-5-8-24(26)19-32(28)29(33)30-25-17-20(2)16-21(3)18-25/h5-18,28H,4,19H2,1-3H3,(H,30,33). The lowest BCUT2D eigenvalue weighted by Crippen LogP contribution is -2.38. The first kappa shape index (κ1) is 21.1. The van der Waals surface area contributed by atoms with Crippen LogP contribution in [-0.4, -0.2) is 15.5 Å². The van der Waals surface area contributed by atoms with Crippen LogP contribution in [0.4, 0.5) is 10.5 Å². The minimum Gasteiger partial charge on any atom is -0.318 e. The number of aromatic nitrogens is 1. The zero-order valence-electron chi connectivity index (χ0n) is 19.4. The molecule has 0 fully saturated rings. The van der Waals surface area contributed by atoms with E-state index in [4.69, 9.17) is 0 Å². The van der Waals surface area contributed by atoms with Crippen molar-refractivity contribution >= 4 is 11.7 Å². The third kappa shape index (κ3) is 4.05. The second-order valence-corrected chi connectivity index (χ2v) is 8.86. The minimum absolute atomic E-state index is 0.103. The van der Waals surface area contributed by atoms with Gasteiger partial charge in [0.25, 0.3) is 0 Å². The lowest BCUT2D eigenvalue weighted by molar-refractivity contribution is 0.194. The predicted molar refractivity (Wildman–Crippen MR) is 134 cm³/mol. The molecule has 2 heterocycles. The van der Waals surface area contributed by atoms with Gasteiger partial charge in [0.15, 0.2) is 0 Å². The van der Waals surface area contributed by atoms with Crippen LogP contribution in [0.1, 0.15) is 46.5 Å². The molecule has 4 aromatic rings. The van der Waals surface area contributed by atoms with Crippen molar-refractivity contribution in [3.05, 3.63) is 119 Å². The summed E-state index contributed by atoms with van der Waals surface area (Å²) in [5.41, 5.74) is 8.81. The van der Waals surface area contributed by atoms with E-state index in [0.717, 1.165) is 45.7 Å². The second-order valence-electron chi connectivity index (χ2n) is 8.86. The van der Waals surface area contributed by atoms with Crippen LogP contribution in [0.3, 0.4) is 0 Å². The van der Waals surface area contributed by atoms with E-state index in [9.17, 15) is 4.79 Å². The lowest BCUT2D eigenvalue weighted by atomic mass is 10.00. The average Bonchev–Trinajstić information content (AvgIpc) is 3.23. The summed E-state index contributed by atoms with van der Waals surface area (Å²) in [5.74, 6) is 0. The largest absolute Gasteiger partial charge is 0.322 e. The van der Waals surface area contributed by atoms with Gasteiger partial charge >= 0.3 is 6.03 Å². The Kier molecular flexibility index (Phi) is 5.51. The molecule has 1 aliphatic heterocycles. The quantitative estimate of drug-likeness (QED) is 0.378. The highest BCUT2D eigenvalue weighted by Gasteiger charge is 2.33. The van der Waals surface area contributed by atoms with Crippen LogP contribution in [0.5, 0.6) is 0 Å². The van der Waals surface area contributed by atoms with E-state index in [1.165, 1.54) is 5.56 Å². The van der Waals surface area contributed by atoms with Crippen molar-refractivity contribution in [1.82, 2.24) is 9.47 Å². The van der Waals surface area contributed by atoms with Crippen molar-refractivity contribution in [1.29, 1.82) is 0 Å². The molecule has 0 aliphatic carbocycles. The number of nitrogens with one attached hydrogen (secondary N) is 1. The molecule has 0 bridgehead atoms. The number of rotatable bonds is 3. The number of carbonyl (C=O) groups excluding carboxylic acids is 1. The van der Waals surface area contributed by atoms with Crippen LogP contribution in [-0.2, 0) is 13.0 Å². The highest BCUT2D eigenvalue weighted by atomic mass is 16.2. The smallest absolute Gasteiger partial charge is 0.318 e. The van der Waals surface area contributed by atoms with E-state index >= 15 is 0 Å². The zero-order chi connectivity index (χ0) is 22.9. The molecule has 0 saturated carbocycles. The van der Waals surface area contributed by atoms with Gasteiger partial charge in [-0.15, -0.1) is 0 Å². The molecule has 4 nitrogen and oxygen atoms in total. The summed E-state index contributed by atoms with van der Waals surface area (Å²) in [6, 6.07) is 27.0. The fourth-order valence-corrected chi connectivity index (χ4v) is 4.87. The molecule has 0 saturated heterocycles. The van der Waals surface area contributed by atoms with Crippen molar-refractivity contribution < 1.29 is 4.79 Å². The van der Waals surface area contributed by atoms with Crippen molar-refractivity contribution in [2.45, 2.75) is 39.8 Å². The average molecular weight is 436 g/mol. The first-order valence-electron chi connectivity index (χ1n) is 11.5. The van der Waals surface area contributed by atoms with Gasteiger partial charge in [-0.2, -0.15) is 0 Å². The molecule has 2 amide bonds. The van der Waals surface area contributed by atoms with Crippen LogP contribution in [0.25, 0.3) is 5.69 Å². The number of aryl methyl sites for hydroxylation is 3. The van der Waals surface area contributed by atoms with Gasteiger partial charge in [0.05, 0.1) is 18.3 Å². The monoisotopic (exact) mass is 435 g/mol. The number of urea groups is 1. The summed E-state index contributed by atoms with van der Waals surface area (Å²) in [7, 11) is 0. The summed E-state index contributed by atoms with van der Waals surface area (Å²) >= 11 is 0. The number of hydrogen-bond donors (Lipinski definition) is 1.